The normalized spacial score (nSPS) is 10.8. The van der Waals surface area contributed by atoms with Gasteiger partial charge in [-0.15, -0.1) is 0 Å². The van der Waals surface area contributed by atoms with Gasteiger partial charge in [-0.3, -0.25) is 0 Å². The molecule has 0 bridgehead atoms. The van der Waals surface area contributed by atoms with Crippen LogP contribution in [0.4, 0.5) is 4.39 Å². The maximum Gasteiger partial charge on any atom is 0.222 e. The molecule has 2 aromatic rings. The largest absolute Gasteiger partial charge is 0.439 e. The molecule has 4 heteroatoms. The van der Waals surface area contributed by atoms with Crippen LogP contribution in [0, 0.1) is 19.7 Å². The van der Waals surface area contributed by atoms with Gasteiger partial charge in [-0.2, -0.15) is 4.98 Å². The molecule has 0 saturated carbocycles. The van der Waals surface area contributed by atoms with Crippen molar-refractivity contribution in [1.29, 1.82) is 0 Å². The predicted octanol–water partition coefficient (Wildman–Crippen LogP) is 4.15. The summed E-state index contributed by atoms with van der Waals surface area (Å²) in [5.74, 6) is 1.80. The van der Waals surface area contributed by atoms with Gasteiger partial charge < -0.3 is 4.74 Å². The molecule has 0 fully saturated rings. The molecule has 0 radical (unpaired) electrons. The fraction of sp³-hybridized carbons (Fsp3) is 0.333. The summed E-state index contributed by atoms with van der Waals surface area (Å²) in [4.78, 5) is 8.71. The van der Waals surface area contributed by atoms with Gasteiger partial charge in [0.25, 0.3) is 0 Å². The second-order valence-corrected chi connectivity index (χ2v) is 4.87. The average Bonchev–Trinajstić information content (AvgIpc) is 2.33. The van der Waals surface area contributed by atoms with E-state index < -0.39 is 0 Å². The Labute approximate surface area is 112 Å². The number of hydrogen-bond donors (Lipinski definition) is 0. The van der Waals surface area contributed by atoms with Crippen LogP contribution in [0.15, 0.2) is 24.3 Å². The van der Waals surface area contributed by atoms with E-state index in [9.17, 15) is 4.39 Å². The Kier molecular flexibility index (Phi) is 3.79. The van der Waals surface area contributed by atoms with Crippen molar-refractivity contribution in [2.75, 3.05) is 0 Å². The highest BCUT2D eigenvalue weighted by Crippen LogP contribution is 2.23. The van der Waals surface area contributed by atoms with Crippen molar-refractivity contribution in [2.45, 2.75) is 33.6 Å². The summed E-state index contributed by atoms with van der Waals surface area (Å²) >= 11 is 0. The smallest absolute Gasteiger partial charge is 0.222 e. The van der Waals surface area contributed by atoms with Crippen molar-refractivity contribution < 1.29 is 9.13 Å². The molecular weight excluding hydrogens is 243 g/mol. The molecule has 0 unspecified atom stereocenters. The maximum absolute atomic E-state index is 13.2. The summed E-state index contributed by atoms with van der Waals surface area (Å²) in [6.45, 7) is 7.66. The van der Waals surface area contributed by atoms with Crippen LogP contribution in [0.3, 0.4) is 0 Å². The fourth-order valence-electron chi connectivity index (χ4n) is 1.67. The number of rotatable bonds is 3. The molecule has 0 amide bonds. The van der Waals surface area contributed by atoms with E-state index in [0.717, 1.165) is 11.5 Å². The molecule has 1 heterocycles. The van der Waals surface area contributed by atoms with E-state index in [1.54, 1.807) is 25.1 Å². The van der Waals surface area contributed by atoms with Crippen LogP contribution >= 0.6 is 0 Å². The molecule has 0 N–H and O–H groups in total. The van der Waals surface area contributed by atoms with Crippen LogP contribution in [-0.2, 0) is 0 Å². The van der Waals surface area contributed by atoms with E-state index in [1.165, 1.54) is 6.07 Å². The standard InChI is InChI=1S/C15H17FN2O/c1-9(2)15-17-11(4)8-14(18-15)19-12-5-6-13(16)10(3)7-12/h5-9H,1-4H3. The monoisotopic (exact) mass is 260 g/mol. The zero-order chi connectivity index (χ0) is 14.0. The number of nitrogens with zero attached hydrogens (tertiary/aromatic N) is 2. The molecular formula is C15H17FN2O. The lowest BCUT2D eigenvalue weighted by molar-refractivity contribution is 0.453. The summed E-state index contributed by atoms with van der Waals surface area (Å²) in [5.41, 5.74) is 1.40. The minimum atomic E-state index is -0.242. The van der Waals surface area contributed by atoms with Gasteiger partial charge in [-0.25, -0.2) is 9.37 Å². The molecule has 0 atom stereocenters. The van der Waals surface area contributed by atoms with E-state index in [2.05, 4.69) is 9.97 Å². The molecule has 1 aromatic carbocycles. The summed E-state index contributed by atoms with van der Waals surface area (Å²) in [6, 6.07) is 6.41. The highest BCUT2D eigenvalue weighted by atomic mass is 19.1. The van der Waals surface area contributed by atoms with E-state index in [0.29, 0.717) is 17.2 Å². The molecule has 0 aliphatic carbocycles. The van der Waals surface area contributed by atoms with Crippen LogP contribution in [-0.4, -0.2) is 9.97 Å². The Morgan fingerprint density at radius 3 is 2.47 bits per heavy atom. The first-order valence-electron chi connectivity index (χ1n) is 6.25. The third-order valence-corrected chi connectivity index (χ3v) is 2.72. The second-order valence-electron chi connectivity index (χ2n) is 4.87. The van der Waals surface area contributed by atoms with Gasteiger partial charge in [0.1, 0.15) is 17.4 Å². The summed E-state index contributed by atoms with van der Waals surface area (Å²) in [7, 11) is 0. The topological polar surface area (TPSA) is 35.0 Å². The lowest BCUT2D eigenvalue weighted by Gasteiger charge is -2.10. The van der Waals surface area contributed by atoms with Crippen molar-refractivity contribution in [3.05, 3.63) is 47.2 Å². The quantitative estimate of drug-likeness (QED) is 0.831. The molecule has 19 heavy (non-hydrogen) atoms. The van der Waals surface area contributed by atoms with Crippen molar-refractivity contribution in [3.8, 4) is 11.6 Å². The first-order valence-corrected chi connectivity index (χ1v) is 6.25. The summed E-state index contributed by atoms with van der Waals surface area (Å²) < 4.78 is 18.9. The van der Waals surface area contributed by atoms with Crippen molar-refractivity contribution in [3.63, 3.8) is 0 Å². The third-order valence-electron chi connectivity index (χ3n) is 2.72. The van der Waals surface area contributed by atoms with Gasteiger partial charge in [0.2, 0.25) is 5.88 Å². The summed E-state index contributed by atoms with van der Waals surface area (Å²) in [6.07, 6.45) is 0. The minimum Gasteiger partial charge on any atom is -0.439 e. The van der Waals surface area contributed by atoms with Crippen molar-refractivity contribution in [1.82, 2.24) is 9.97 Å². The number of aromatic nitrogens is 2. The molecule has 3 nitrogen and oxygen atoms in total. The van der Waals surface area contributed by atoms with Crippen LogP contribution in [0.5, 0.6) is 11.6 Å². The molecule has 2 rings (SSSR count). The van der Waals surface area contributed by atoms with Gasteiger partial charge in [0.05, 0.1) is 0 Å². The van der Waals surface area contributed by atoms with E-state index >= 15 is 0 Å². The highest BCUT2D eigenvalue weighted by molar-refractivity contribution is 5.32. The number of ether oxygens (including phenoxy) is 1. The average molecular weight is 260 g/mol. The Morgan fingerprint density at radius 1 is 1.11 bits per heavy atom. The second kappa shape index (κ2) is 5.34. The predicted molar refractivity (Wildman–Crippen MR) is 72.1 cm³/mol. The van der Waals surface area contributed by atoms with E-state index in [1.807, 2.05) is 20.8 Å². The molecule has 0 saturated heterocycles. The van der Waals surface area contributed by atoms with E-state index in [4.69, 9.17) is 4.74 Å². The van der Waals surface area contributed by atoms with Gasteiger partial charge in [0, 0.05) is 17.7 Å². The van der Waals surface area contributed by atoms with Crippen LogP contribution in [0.1, 0.15) is 36.8 Å². The van der Waals surface area contributed by atoms with E-state index in [-0.39, 0.29) is 11.7 Å². The number of halogens is 1. The molecule has 0 aliphatic rings. The minimum absolute atomic E-state index is 0.234. The molecule has 0 spiro atoms. The SMILES string of the molecule is Cc1cc(Oc2ccc(F)c(C)c2)nc(C(C)C)n1. The number of aryl methyl sites for hydroxylation is 2. The fourth-order valence-corrected chi connectivity index (χ4v) is 1.67. The van der Waals surface area contributed by atoms with Crippen molar-refractivity contribution in [2.24, 2.45) is 0 Å². The Morgan fingerprint density at radius 2 is 1.84 bits per heavy atom. The van der Waals surface area contributed by atoms with Gasteiger partial charge in [-0.05, 0) is 37.6 Å². The highest BCUT2D eigenvalue weighted by Gasteiger charge is 2.08. The maximum atomic E-state index is 13.2. The Balaban J connectivity index is 2.29. The molecule has 0 aliphatic heterocycles. The number of hydrogen-bond acceptors (Lipinski definition) is 3. The van der Waals surface area contributed by atoms with Crippen molar-refractivity contribution >= 4 is 0 Å². The number of benzene rings is 1. The first-order chi connectivity index (χ1) is 8.95. The lowest BCUT2D eigenvalue weighted by Crippen LogP contribution is -2.01. The lowest BCUT2D eigenvalue weighted by atomic mass is 10.2. The zero-order valence-electron chi connectivity index (χ0n) is 11.6. The zero-order valence-corrected chi connectivity index (χ0v) is 11.6. The molecule has 1 aromatic heterocycles. The van der Waals surface area contributed by atoms with Gasteiger partial charge in [0.15, 0.2) is 0 Å². The van der Waals surface area contributed by atoms with Crippen LogP contribution < -0.4 is 4.74 Å². The van der Waals surface area contributed by atoms with Crippen LogP contribution in [0.25, 0.3) is 0 Å². The first kappa shape index (κ1) is 13.5. The third kappa shape index (κ3) is 3.28. The Bertz CT molecular complexity index is 597. The van der Waals surface area contributed by atoms with Gasteiger partial charge >= 0.3 is 0 Å². The van der Waals surface area contributed by atoms with Gasteiger partial charge in [-0.1, -0.05) is 13.8 Å². The van der Waals surface area contributed by atoms with Crippen LogP contribution in [0.2, 0.25) is 0 Å². The Hall–Kier alpha value is -1.97. The summed E-state index contributed by atoms with van der Waals surface area (Å²) in [5, 5.41) is 0. The molecule has 100 valence electrons.